The van der Waals surface area contributed by atoms with Crippen LogP contribution in [0, 0.1) is 12.8 Å². The van der Waals surface area contributed by atoms with Crippen molar-refractivity contribution in [2.75, 3.05) is 0 Å². The number of aryl methyl sites for hydroxylation is 1. The van der Waals surface area contributed by atoms with E-state index < -0.39 is 0 Å². The number of rotatable bonds is 5. The summed E-state index contributed by atoms with van der Waals surface area (Å²) in [6, 6.07) is 8.96. The quantitative estimate of drug-likeness (QED) is 0.719. The third-order valence-corrected chi connectivity index (χ3v) is 5.23. The summed E-state index contributed by atoms with van der Waals surface area (Å²) in [5, 5.41) is 0. The fourth-order valence-corrected chi connectivity index (χ4v) is 3.71. The summed E-state index contributed by atoms with van der Waals surface area (Å²) in [7, 11) is 0. The lowest BCUT2D eigenvalue weighted by Gasteiger charge is -2.41. The van der Waals surface area contributed by atoms with Gasteiger partial charge >= 0.3 is 0 Å². The normalized spacial score (nSPS) is 26.4. The smallest absolute Gasteiger partial charge is 0.129 e. The summed E-state index contributed by atoms with van der Waals surface area (Å²) >= 11 is 0. The van der Waals surface area contributed by atoms with E-state index >= 15 is 0 Å². The summed E-state index contributed by atoms with van der Waals surface area (Å²) in [6.07, 6.45) is 8.21. The maximum atomic E-state index is 11.4. The lowest BCUT2D eigenvalue weighted by molar-refractivity contribution is -0.117. The summed E-state index contributed by atoms with van der Waals surface area (Å²) in [6.45, 7) is 6.20. The van der Waals surface area contributed by atoms with Crippen LogP contribution in [0.2, 0.25) is 0 Å². The molecule has 20 heavy (non-hydrogen) atoms. The molecule has 1 fully saturated rings. The van der Waals surface area contributed by atoms with Crippen LogP contribution in [0.25, 0.3) is 0 Å². The van der Waals surface area contributed by atoms with Gasteiger partial charge in [0.2, 0.25) is 0 Å². The van der Waals surface area contributed by atoms with E-state index in [2.05, 4.69) is 38.1 Å². The first-order valence-electron chi connectivity index (χ1n) is 8.12. The first kappa shape index (κ1) is 15.3. The van der Waals surface area contributed by atoms with Crippen LogP contribution in [-0.2, 0) is 10.2 Å². The molecule has 0 heterocycles. The van der Waals surface area contributed by atoms with Gasteiger partial charge in [-0.1, -0.05) is 43.2 Å². The van der Waals surface area contributed by atoms with Gasteiger partial charge in [-0.15, -0.1) is 0 Å². The van der Waals surface area contributed by atoms with E-state index in [1.165, 1.54) is 43.2 Å². The van der Waals surface area contributed by atoms with E-state index in [4.69, 9.17) is 0 Å². The van der Waals surface area contributed by atoms with Gasteiger partial charge in [0.15, 0.2) is 0 Å². The number of carbonyl (C=O) groups excluding carboxylic acids is 1. The summed E-state index contributed by atoms with van der Waals surface area (Å²) < 4.78 is 0. The fourth-order valence-electron chi connectivity index (χ4n) is 3.71. The molecule has 0 bridgehead atoms. The van der Waals surface area contributed by atoms with Crippen molar-refractivity contribution in [3.05, 3.63) is 35.4 Å². The number of hydrogen-bond donors (Lipinski definition) is 0. The van der Waals surface area contributed by atoms with E-state index in [9.17, 15) is 4.79 Å². The lowest BCUT2D eigenvalue weighted by atomic mass is 9.64. The third-order valence-electron chi connectivity index (χ3n) is 5.23. The average Bonchev–Trinajstić information content (AvgIpc) is 2.45. The standard InChI is InChI=1S/C19H28O/c1-4-17-9-12-19(13-10-17,11-8-16(3)20)18-7-5-6-15(2)14-18/h5-7,14,17H,4,8-13H2,1-3H3. The molecule has 1 aliphatic carbocycles. The highest BCUT2D eigenvalue weighted by molar-refractivity contribution is 5.75. The Bertz CT molecular complexity index is 453. The Balaban J connectivity index is 2.22. The van der Waals surface area contributed by atoms with Crippen LogP contribution in [0.5, 0.6) is 0 Å². The van der Waals surface area contributed by atoms with Gasteiger partial charge in [-0.2, -0.15) is 0 Å². The largest absolute Gasteiger partial charge is 0.300 e. The Labute approximate surface area is 123 Å². The van der Waals surface area contributed by atoms with E-state index in [0.717, 1.165) is 18.8 Å². The Morgan fingerprint density at radius 1 is 1.30 bits per heavy atom. The highest BCUT2D eigenvalue weighted by Crippen LogP contribution is 2.45. The molecule has 0 saturated heterocycles. The fraction of sp³-hybridized carbons (Fsp3) is 0.632. The van der Waals surface area contributed by atoms with Crippen LogP contribution in [-0.4, -0.2) is 5.78 Å². The monoisotopic (exact) mass is 272 g/mol. The molecule has 1 aliphatic rings. The van der Waals surface area contributed by atoms with Crippen LogP contribution in [0.4, 0.5) is 0 Å². The van der Waals surface area contributed by atoms with Crippen LogP contribution < -0.4 is 0 Å². The predicted molar refractivity (Wildman–Crippen MR) is 85.0 cm³/mol. The van der Waals surface area contributed by atoms with Gasteiger partial charge in [0, 0.05) is 6.42 Å². The van der Waals surface area contributed by atoms with Crippen molar-refractivity contribution < 1.29 is 4.79 Å². The van der Waals surface area contributed by atoms with Crippen molar-refractivity contribution >= 4 is 5.78 Å². The second-order valence-electron chi connectivity index (χ2n) is 6.70. The van der Waals surface area contributed by atoms with Gasteiger partial charge < -0.3 is 4.79 Å². The molecular formula is C19H28O. The van der Waals surface area contributed by atoms with Crippen LogP contribution in [0.15, 0.2) is 24.3 Å². The van der Waals surface area contributed by atoms with E-state index in [0.29, 0.717) is 5.78 Å². The number of Topliss-reactive ketones (excluding diaryl/α,β-unsaturated/α-hetero) is 1. The molecule has 0 aromatic heterocycles. The van der Waals surface area contributed by atoms with E-state index in [-0.39, 0.29) is 5.41 Å². The molecule has 0 atom stereocenters. The van der Waals surface area contributed by atoms with Gasteiger partial charge in [-0.25, -0.2) is 0 Å². The molecule has 1 saturated carbocycles. The Morgan fingerprint density at radius 2 is 2.00 bits per heavy atom. The molecule has 0 spiro atoms. The van der Waals surface area contributed by atoms with E-state index in [1.54, 1.807) is 6.92 Å². The van der Waals surface area contributed by atoms with E-state index in [1.807, 2.05) is 0 Å². The molecule has 0 radical (unpaired) electrons. The topological polar surface area (TPSA) is 17.1 Å². The molecule has 0 N–H and O–H groups in total. The molecule has 1 nitrogen and oxygen atoms in total. The number of carbonyl (C=O) groups is 1. The van der Waals surface area contributed by atoms with Gasteiger partial charge in [0.25, 0.3) is 0 Å². The van der Waals surface area contributed by atoms with Gasteiger partial charge in [0.1, 0.15) is 5.78 Å². The maximum absolute atomic E-state index is 11.4. The Hall–Kier alpha value is -1.11. The SMILES string of the molecule is CCC1CCC(CCC(C)=O)(c2cccc(C)c2)CC1. The Morgan fingerprint density at radius 3 is 2.55 bits per heavy atom. The van der Waals surface area contributed by atoms with Crippen LogP contribution in [0.1, 0.15) is 69.9 Å². The molecule has 0 amide bonds. The van der Waals surface area contributed by atoms with Crippen LogP contribution in [0.3, 0.4) is 0 Å². The van der Waals surface area contributed by atoms with Gasteiger partial charge in [-0.3, -0.25) is 0 Å². The molecule has 2 rings (SSSR count). The van der Waals surface area contributed by atoms with Crippen molar-refractivity contribution in [1.82, 2.24) is 0 Å². The molecule has 110 valence electrons. The average molecular weight is 272 g/mol. The van der Waals surface area contributed by atoms with Crippen molar-refractivity contribution in [3.8, 4) is 0 Å². The molecule has 0 unspecified atom stereocenters. The van der Waals surface area contributed by atoms with Crippen molar-refractivity contribution in [2.24, 2.45) is 5.92 Å². The second-order valence-corrected chi connectivity index (χ2v) is 6.70. The minimum Gasteiger partial charge on any atom is -0.300 e. The third kappa shape index (κ3) is 3.50. The predicted octanol–water partition coefficient (Wildman–Crippen LogP) is 5.20. The summed E-state index contributed by atoms with van der Waals surface area (Å²) in [5.41, 5.74) is 3.05. The number of ketones is 1. The molecular weight excluding hydrogens is 244 g/mol. The zero-order chi connectivity index (χ0) is 14.6. The molecule has 1 heteroatoms. The highest BCUT2D eigenvalue weighted by atomic mass is 16.1. The zero-order valence-electron chi connectivity index (χ0n) is 13.2. The zero-order valence-corrected chi connectivity index (χ0v) is 13.2. The number of hydrogen-bond acceptors (Lipinski definition) is 1. The Kier molecular flexibility index (Phi) is 5.01. The summed E-state index contributed by atoms with van der Waals surface area (Å²) in [5.74, 6) is 1.22. The lowest BCUT2D eigenvalue weighted by Crippen LogP contribution is -2.32. The second kappa shape index (κ2) is 6.56. The molecule has 1 aromatic carbocycles. The number of benzene rings is 1. The molecule has 1 aromatic rings. The molecule has 0 aliphatic heterocycles. The van der Waals surface area contributed by atoms with Crippen molar-refractivity contribution in [1.29, 1.82) is 0 Å². The van der Waals surface area contributed by atoms with Gasteiger partial charge in [0.05, 0.1) is 0 Å². The first-order valence-corrected chi connectivity index (χ1v) is 8.12. The van der Waals surface area contributed by atoms with Crippen molar-refractivity contribution in [2.45, 2.75) is 71.1 Å². The highest BCUT2D eigenvalue weighted by Gasteiger charge is 2.36. The maximum Gasteiger partial charge on any atom is 0.129 e. The minimum atomic E-state index is 0.253. The van der Waals surface area contributed by atoms with Crippen LogP contribution >= 0.6 is 0 Å². The summed E-state index contributed by atoms with van der Waals surface area (Å²) in [4.78, 5) is 11.4. The van der Waals surface area contributed by atoms with Crippen molar-refractivity contribution in [3.63, 3.8) is 0 Å². The minimum absolute atomic E-state index is 0.253. The van der Waals surface area contributed by atoms with Gasteiger partial charge in [-0.05, 0) is 62.8 Å². The first-order chi connectivity index (χ1) is 9.55.